The van der Waals surface area contributed by atoms with Crippen molar-refractivity contribution in [3.8, 4) is 0 Å². The fraction of sp³-hybridized carbons (Fsp3) is 0.259. The zero-order valence-electron chi connectivity index (χ0n) is 19.2. The van der Waals surface area contributed by atoms with Gasteiger partial charge in [-0.1, -0.05) is 42.5 Å². The van der Waals surface area contributed by atoms with Gasteiger partial charge in [-0.05, 0) is 54.5 Å². The number of aliphatic hydroxyl groups excluding tert-OH is 1. The molecule has 1 amide bonds. The Labute approximate surface area is 212 Å². The number of thiocarbonyl (C=S) groups is 1. The van der Waals surface area contributed by atoms with E-state index in [1.54, 1.807) is 48.5 Å². The molecule has 188 valence electrons. The molecule has 0 bridgehead atoms. The first-order valence-electron chi connectivity index (χ1n) is 11.4. The SMILES string of the molecule is O=C(NC(=S)N[C@@]1(c2ccccc2F)C[C@H](OCc2ccc(F)c(F)c2)CC1CO)c1ccccc1. The van der Waals surface area contributed by atoms with Crippen LogP contribution in [0.5, 0.6) is 0 Å². The molecule has 3 aromatic rings. The van der Waals surface area contributed by atoms with Gasteiger partial charge in [-0.3, -0.25) is 10.1 Å². The summed E-state index contributed by atoms with van der Waals surface area (Å²) in [4.78, 5) is 12.6. The molecule has 3 aromatic carbocycles. The fourth-order valence-corrected chi connectivity index (χ4v) is 4.98. The average molecular weight is 515 g/mol. The van der Waals surface area contributed by atoms with E-state index in [-0.39, 0.29) is 30.3 Å². The number of carbonyl (C=O) groups excluding carboxylic acids is 1. The Morgan fingerprint density at radius 3 is 2.42 bits per heavy atom. The predicted molar refractivity (Wildman–Crippen MR) is 132 cm³/mol. The summed E-state index contributed by atoms with van der Waals surface area (Å²) in [7, 11) is 0. The smallest absolute Gasteiger partial charge is 0.257 e. The first-order valence-corrected chi connectivity index (χ1v) is 11.8. The van der Waals surface area contributed by atoms with E-state index in [4.69, 9.17) is 17.0 Å². The molecule has 0 heterocycles. The molecule has 0 spiro atoms. The third kappa shape index (κ3) is 5.59. The number of nitrogens with one attached hydrogen (secondary N) is 2. The van der Waals surface area contributed by atoms with Crippen molar-refractivity contribution < 1.29 is 27.8 Å². The number of carbonyl (C=O) groups is 1. The molecule has 9 heteroatoms. The highest BCUT2D eigenvalue weighted by atomic mass is 32.1. The number of halogens is 3. The van der Waals surface area contributed by atoms with E-state index in [1.807, 2.05) is 0 Å². The van der Waals surface area contributed by atoms with E-state index in [0.717, 1.165) is 12.1 Å². The van der Waals surface area contributed by atoms with Crippen molar-refractivity contribution in [2.75, 3.05) is 6.61 Å². The zero-order valence-corrected chi connectivity index (χ0v) is 20.0. The van der Waals surface area contributed by atoms with E-state index < -0.39 is 40.9 Å². The highest BCUT2D eigenvalue weighted by Gasteiger charge is 2.50. The molecule has 1 aliphatic carbocycles. The van der Waals surface area contributed by atoms with Crippen LogP contribution in [0.4, 0.5) is 13.2 Å². The van der Waals surface area contributed by atoms with Crippen LogP contribution in [0.3, 0.4) is 0 Å². The van der Waals surface area contributed by atoms with Crippen molar-refractivity contribution in [3.63, 3.8) is 0 Å². The van der Waals surface area contributed by atoms with E-state index in [0.29, 0.717) is 17.5 Å². The standard InChI is InChI=1S/C27H25F3N2O3S/c28-22-9-5-4-8-21(22)27(32-26(36)31-25(34)18-6-2-1-3-7-18)14-20(13-19(27)15-33)35-16-17-10-11-23(29)24(30)12-17/h1-12,19-20,33H,13-16H2,(H2,31,32,34,36)/t19?,20-,27+/m1/s1. The first-order chi connectivity index (χ1) is 17.3. The summed E-state index contributed by atoms with van der Waals surface area (Å²) in [5, 5.41) is 16.0. The predicted octanol–water partition coefficient (Wildman–Crippen LogP) is 4.59. The molecule has 1 aliphatic rings. The second-order valence-corrected chi connectivity index (χ2v) is 9.13. The maximum atomic E-state index is 15.1. The summed E-state index contributed by atoms with van der Waals surface area (Å²) < 4.78 is 47.9. The Hall–Kier alpha value is -3.27. The van der Waals surface area contributed by atoms with Crippen LogP contribution in [0, 0.1) is 23.4 Å². The van der Waals surface area contributed by atoms with Gasteiger partial charge in [0.05, 0.1) is 18.2 Å². The molecule has 0 radical (unpaired) electrons. The van der Waals surface area contributed by atoms with Gasteiger partial charge in [-0.15, -0.1) is 0 Å². The maximum Gasteiger partial charge on any atom is 0.257 e. The molecule has 36 heavy (non-hydrogen) atoms. The number of benzene rings is 3. The number of aliphatic hydroxyl groups is 1. The molecule has 0 aromatic heterocycles. The molecular weight excluding hydrogens is 489 g/mol. The summed E-state index contributed by atoms with van der Waals surface area (Å²) in [5.74, 6) is -3.37. The largest absolute Gasteiger partial charge is 0.396 e. The Morgan fingerprint density at radius 2 is 1.72 bits per heavy atom. The Balaban J connectivity index is 1.56. The second-order valence-electron chi connectivity index (χ2n) is 8.73. The average Bonchev–Trinajstić information content (AvgIpc) is 3.23. The van der Waals surface area contributed by atoms with Crippen molar-refractivity contribution in [1.29, 1.82) is 0 Å². The number of amides is 1. The molecule has 0 aliphatic heterocycles. The van der Waals surface area contributed by atoms with Gasteiger partial charge in [0.2, 0.25) is 0 Å². The number of hydrogen-bond donors (Lipinski definition) is 3. The third-order valence-electron chi connectivity index (χ3n) is 6.44. The van der Waals surface area contributed by atoms with Gasteiger partial charge in [-0.25, -0.2) is 13.2 Å². The van der Waals surface area contributed by atoms with Gasteiger partial charge < -0.3 is 15.2 Å². The Kier molecular flexibility index (Phi) is 8.03. The van der Waals surface area contributed by atoms with Crippen LogP contribution in [0.1, 0.15) is 34.3 Å². The van der Waals surface area contributed by atoms with Crippen molar-refractivity contribution in [2.24, 2.45) is 5.92 Å². The lowest BCUT2D eigenvalue weighted by Crippen LogP contribution is -2.54. The van der Waals surface area contributed by atoms with Crippen LogP contribution in [-0.2, 0) is 16.9 Å². The van der Waals surface area contributed by atoms with Crippen LogP contribution >= 0.6 is 12.2 Å². The van der Waals surface area contributed by atoms with Gasteiger partial charge in [0, 0.05) is 30.1 Å². The molecule has 5 nitrogen and oxygen atoms in total. The maximum absolute atomic E-state index is 15.1. The van der Waals surface area contributed by atoms with Crippen LogP contribution in [-0.4, -0.2) is 28.8 Å². The van der Waals surface area contributed by atoms with Crippen molar-refractivity contribution in [1.82, 2.24) is 10.6 Å². The third-order valence-corrected chi connectivity index (χ3v) is 6.64. The van der Waals surface area contributed by atoms with Crippen molar-refractivity contribution >= 4 is 23.2 Å². The van der Waals surface area contributed by atoms with Gasteiger partial charge in [0.1, 0.15) is 5.82 Å². The second kappa shape index (κ2) is 11.2. The molecule has 1 unspecified atom stereocenters. The fourth-order valence-electron chi connectivity index (χ4n) is 4.70. The molecule has 3 atom stereocenters. The quantitative estimate of drug-likeness (QED) is 0.403. The summed E-state index contributed by atoms with van der Waals surface area (Å²) in [6.07, 6.45) is 0.0935. The molecule has 1 fully saturated rings. The Morgan fingerprint density at radius 1 is 1.00 bits per heavy atom. The number of ether oxygens (including phenoxy) is 1. The van der Waals surface area contributed by atoms with Gasteiger partial charge >= 0.3 is 0 Å². The topological polar surface area (TPSA) is 70.6 Å². The summed E-state index contributed by atoms with van der Waals surface area (Å²) in [5.41, 5.74) is -0.0601. The summed E-state index contributed by atoms with van der Waals surface area (Å²) in [6.45, 7) is -0.301. The van der Waals surface area contributed by atoms with Gasteiger partial charge in [-0.2, -0.15) is 0 Å². The number of rotatable bonds is 7. The van der Waals surface area contributed by atoms with Crippen LogP contribution in [0.15, 0.2) is 72.8 Å². The molecular formula is C27H25F3N2O3S. The normalized spacial score (nSPS) is 21.2. The molecule has 1 saturated carbocycles. The lowest BCUT2D eigenvalue weighted by atomic mass is 9.80. The van der Waals surface area contributed by atoms with Crippen LogP contribution in [0.2, 0.25) is 0 Å². The van der Waals surface area contributed by atoms with Crippen molar-refractivity contribution in [2.45, 2.75) is 31.1 Å². The minimum atomic E-state index is -1.18. The zero-order chi connectivity index (χ0) is 25.7. The summed E-state index contributed by atoms with van der Waals surface area (Å²) in [6, 6.07) is 18.2. The monoisotopic (exact) mass is 514 g/mol. The van der Waals surface area contributed by atoms with E-state index in [2.05, 4.69) is 10.6 Å². The minimum Gasteiger partial charge on any atom is -0.396 e. The highest BCUT2D eigenvalue weighted by Crippen LogP contribution is 2.46. The first kappa shape index (κ1) is 25.8. The van der Waals surface area contributed by atoms with Crippen LogP contribution < -0.4 is 10.6 Å². The highest BCUT2D eigenvalue weighted by molar-refractivity contribution is 7.80. The van der Waals surface area contributed by atoms with Crippen molar-refractivity contribution in [3.05, 3.63) is 107 Å². The van der Waals surface area contributed by atoms with E-state index in [9.17, 15) is 18.7 Å². The minimum absolute atomic E-state index is 0.00254. The van der Waals surface area contributed by atoms with Gasteiger partial charge in [0.15, 0.2) is 16.7 Å². The Bertz CT molecular complexity index is 1240. The van der Waals surface area contributed by atoms with E-state index in [1.165, 1.54) is 12.1 Å². The van der Waals surface area contributed by atoms with Gasteiger partial charge in [0.25, 0.3) is 5.91 Å². The molecule has 4 rings (SSSR count). The number of hydrogen-bond acceptors (Lipinski definition) is 4. The molecule has 3 N–H and O–H groups in total. The van der Waals surface area contributed by atoms with E-state index >= 15 is 4.39 Å². The molecule has 0 saturated heterocycles. The van der Waals surface area contributed by atoms with Crippen LogP contribution in [0.25, 0.3) is 0 Å². The summed E-state index contributed by atoms with van der Waals surface area (Å²) >= 11 is 5.42. The lowest BCUT2D eigenvalue weighted by molar-refractivity contribution is 0.0386. The lowest BCUT2D eigenvalue weighted by Gasteiger charge is -2.37.